The van der Waals surface area contributed by atoms with Gasteiger partial charge in [-0.2, -0.15) is 0 Å². The number of hydrogen-bond acceptors (Lipinski definition) is 4. The molecule has 0 saturated heterocycles. The first-order chi connectivity index (χ1) is 14.7. The van der Waals surface area contributed by atoms with E-state index >= 15 is 0 Å². The van der Waals surface area contributed by atoms with E-state index in [-0.39, 0.29) is 5.91 Å². The summed E-state index contributed by atoms with van der Waals surface area (Å²) in [6.07, 6.45) is 6.63. The highest BCUT2D eigenvalue weighted by atomic mass is 32.1. The minimum atomic E-state index is 0.0711. The molecule has 4 aromatic rings. The van der Waals surface area contributed by atoms with Crippen molar-refractivity contribution < 1.29 is 4.79 Å². The van der Waals surface area contributed by atoms with Crippen LogP contribution >= 0.6 is 11.3 Å². The number of para-hydroxylation sites is 1. The Morgan fingerprint density at radius 2 is 2.03 bits per heavy atom. The van der Waals surface area contributed by atoms with Gasteiger partial charge in [-0.25, -0.2) is 4.98 Å². The number of amides is 1. The van der Waals surface area contributed by atoms with Crippen molar-refractivity contribution in [1.29, 1.82) is 0 Å². The molecule has 0 radical (unpaired) electrons. The van der Waals surface area contributed by atoms with Crippen molar-refractivity contribution >= 4 is 39.0 Å². The predicted molar refractivity (Wildman–Crippen MR) is 126 cm³/mol. The molecule has 0 fully saturated rings. The number of thiazole rings is 1. The van der Waals surface area contributed by atoms with E-state index in [4.69, 9.17) is 0 Å². The molecular weight excluding hydrogens is 392 g/mol. The number of H-pyrrole nitrogens is 1. The van der Waals surface area contributed by atoms with Crippen molar-refractivity contribution in [3.05, 3.63) is 66.0 Å². The van der Waals surface area contributed by atoms with Crippen LogP contribution in [0.4, 0.5) is 10.8 Å². The Hall–Kier alpha value is -3.12. The summed E-state index contributed by atoms with van der Waals surface area (Å²) in [5, 5.41) is 8.44. The van der Waals surface area contributed by atoms with Gasteiger partial charge in [-0.05, 0) is 47.7 Å². The van der Waals surface area contributed by atoms with Gasteiger partial charge in [0.05, 0.1) is 11.3 Å². The van der Waals surface area contributed by atoms with Crippen molar-refractivity contribution in [1.82, 2.24) is 9.97 Å². The number of aryl methyl sites for hydroxylation is 1. The van der Waals surface area contributed by atoms with Crippen molar-refractivity contribution in [3.63, 3.8) is 0 Å². The molecule has 3 heterocycles. The van der Waals surface area contributed by atoms with Gasteiger partial charge in [0, 0.05) is 35.5 Å². The van der Waals surface area contributed by atoms with Crippen LogP contribution in [0.25, 0.3) is 21.3 Å². The Morgan fingerprint density at radius 1 is 1.17 bits per heavy atom. The van der Waals surface area contributed by atoms with E-state index < -0.39 is 0 Å². The van der Waals surface area contributed by atoms with Crippen LogP contribution in [-0.4, -0.2) is 22.4 Å². The van der Waals surface area contributed by atoms with E-state index in [0.717, 1.165) is 46.2 Å². The van der Waals surface area contributed by atoms with Crippen molar-refractivity contribution in [2.24, 2.45) is 0 Å². The molecule has 0 atom stereocenters. The lowest BCUT2D eigenvalue weighted by molar-refractivity contribution is -0.115. The second-order valence-corrected chi connectivity index (χ2v) is 8.30. The fourth-order valence-corrected chi connectivity index (χ4v) is 4.37. The lowest BCUT2D eigenvalue weighted by atomic mass is 10.1. The summed E-state index contributed by atoms with van der Waals surface area (Å²) in [4.78, 5) is 20.1. The van der Waals surface area contributed by atoms with Gasteiger partial charge in [0.1, 0.15) is 0 Å². The minimum absolute atomic E-state index is 0.0711. The molecule has 1 aliphatic rings. The molecule has 0 bridgehead atoms. The second-order valence-electron chi connectivity index (χ2n) is 7.27. The largest absolute Gasteiger partial charge is 0.362 e. The lowest BCUT2D eigenvalue weighted by Gasteiger charge is -2.01. The lowest BCUT2D eigenvalue weighted by Crippen LogP contribution is -2.03. The highest BCUT2D eigenvalue weighted by Crippen LogP contribution is 2.33. The number of rotatable bonds is 5. The second kappa shape index (κ2) is 9.13. The first kappa shape index (κ1) is 20.2. The SMILES string of the molecule is CCCNc1ncc(-c2ccc3c(c2)CC(=O)N3)s1.CCc1c[nH]c2ccccc12. The zero-order valence-corrected chi connectivity index (χ0v) is 18.1. The van der Waals surface area contributed by atoms with Gasteiger partial charge in [-0.1, -0.05) is 49.4 Å². The smallest absolute Gasteiger partial charge is 0.228 e. The summed E-state index contributed by atoms with van der Waals surface area (Å²) in [6.45, 7) is 5.25. The van der Waals surface area contributed by atoms with E-state index in [9.17, 15) is 4.79 Å². The molecule has 0 saturated carbocycles. The van der Waals surface area contributed by atoms with E-state index in [2.05, 4.69) is 71.0 Å². The van der Waals surface area contributed by atoms with Gasteiger partial charge < -0.3 is 15.6 Å². The first-order valence-corrected chi connectivity index (χ1v) is 11.2. The number of fused-ring (bicyclic) bond motifs is 2. The number of hydrogen-bond donors (Lipinski definition) is 3. The van der Waals surface area contributed by atoms with E-state index in [1.807, 2.05) is 18.3 Å². The maximum Gasteiger partial charge on any atom is 0.228 e. The Bertz CT molecular complexity index is 1160. The van der Waals surface area contributed by atoms with Gasteiger partial charge in [0.25, 0.3) is 0 Å². The van der Waals surface area contributed by atoms with Crippen LogP contribution in [0.3, 0.4) is 0 Å². The monoisotopic (exact) mass is 418 g/mol. The number of benzene rings is 2. The summed E-state index contributed by atoms with van der Waals surface area (Å²) < 4.78 is 0. The van der Waals surface area contributed by atoms with E-state index in [1.165, 1.54) is 16.5 Å². The van der Waals surface area contributed by atoms with Crippen LogP contribution in [0.1, 0.15) is 31.4 Å². The minimum Gasteiger partial charge on any atom is -0.362 e. The fourth-order valence-electron chi connectivity index (χ4n) is 3.53. The molecule has 2 aromatic heterocycles. The van der Waals surface area contributed by atoms with Crippen LogP contribution < -0.4 is 10.6 Å². The Balaban J connectivity index is 0.000000168. The molecule has 0 unspecified atom stereocenters. The number of nitrogens with one attached hydrogen (secondary N) is 3. The normalized spacial score (nSPS) is 12.3. The molecule has 6 heteroatoms. The summed E-state index contributed by atoms with van der Waals surface area (Å²) >= 11 is 1.64. The molecule has 1 amide bonds. The molecule has 2 aromatic carbocycles. The Kier molecular flexibility index (Phi) is 6.14. The molecule has 0 aliphatic carbocycles. The average Bonchev–Trinajstić information content (AvgIpc) is 3.49. The predicted octanol–water partition coefficient (Wildman–Crippen LogP) is 5.86. The quantitative estimate of drug-likeness (QED) is 0.380. The molecular formula is C24H26N4OS. The number of anilines is 2. The van der Waals surface area contributed by atoms with Crippen molar-refractivity contribution in [3.8, 4) is 10.4 Å². The van der Waals surface area contributed by atoms with Gasteiger partial charge in [-0.15, -0.1) is 0 Å². The number of carbonyl (C=O) groups is 1. The van der Waals surface area contributed by atoms with E-state index in [0.29, 0.717) is 6.42 Å². The fraction of sp³-hybridized carbons (Fsp3) is 0.250. The number of aromatic nitrogens is 2. The average molecular weight is 419 g/mol. The van der Waals surface area contributed by atoms with Crippen LogP contribution in [0.5, 0.6) is 0 Å². The molecule has 30 heavy (non-hydrogen) atoms. The molecule has 3 N–H and O–H groups in total. The van der Waals surface area contributed by atoms with Gasteiger partial charge in [0.2, 0.25) is 5.91 Å². The summed E-state index contributed by atoms with van der Waals surface area (Å²) in [5.41, 5.74) is 5.77. The highest BCUT2D eigenvalue weighted by molar-refractivity contribution is 7.18. The number of carbonyl (C=O) groups excluding carboxylic acids is 1. The van der Waals surface area contributed by atoms with Crippen molar-refractivity contribution in [2.75, 3.05) is 17.2 Å². The van der Waals surface area contributed by atoms with Crippen LogP contribution in [0.2, 0.25) is 0 Å². The van der Waals surface area contributed by atoms with Crippen LogP contribution in [0.15, 0.2) is 54.9 Å². The van der Waals surface area contributed by atoms with Crippen molar-refractivity contribution in [2.45, 2.75) is 33.1 Å². The topological polar surface area (TPSA) is 69.8 Å². The molecule has 5 rings (SSSR count). The van der Waals surface area contributed by atoms with Gasteiger partial charge in [-0.3, -0.25) is 4.79 Å². The maximum atomic E-state index is 11.3. The first-order valence-electron chi connectivity index (χ1n) is 10.4. The van der Waals surface area contributed by atoms with Gasteiger partial charge in [0.15, 0.2) is 5.13 Å². The summed E-state index contributed by atoms with van der Waals surface area (Å²) in [7, 11) is 0. The molecule has 154 valence electrons. The van der Waals surface area contributed by atoms with Crippen LogP contribution in [0, 0.1) is 0 Å². The molecule has 1 aliphatic heterocycles. The molecule has 0 spiro atoms. The Morgan fingerprint density at radius 3 is 2.87 bits per heavy atom. The summed E-state index contributed by atoms with van der Waals surface area (Å²) in [6, 6.07) is 14.5. The van der Waals surface area contributed by atoms with E-state index in [1.54, 1.807) is 11.3 Å². The van der Waals surface area contributed by atoms with Gasteiger partial charge >= 0.3 is 0 Å². The third-order valence-electron chi connectivity index (χ3n) is 5.10. The third kappa shape index (κ3) is 4.39. The standard InChI is InChI=1S/C14H15N3OS.C10H11N/c1-2-5-15-14-16-8-12(19-14)9-3-4-11-10(6-9)7-13(18)17-11;1-2-8-7-11-10-6-4-3-5-9(8)10/h3-4,6,8H,2,5,7H2,1H3,(H,15,16)(H,17,18);3-7,11H,2H2,1H3. The Labute approximate surface area is 180 Å². The maximum absolute atomic E-state index is 11.3. The summed E-state index contributed by atoms with van der Waals surface area (Å²) in [5.74, 6) is 0.0711. The zero-order chi connectivity index (χ0) is 20.9. The molecule has 5 nitrogen and oxygen atoms in total. The number of aromatic amines is 1. The van der Waals surface area contributed by atoms with Crippen LogP contribution in [-0.2, 0) is 17.6 Å². The highest BCUT2D eigenvalue weighted by Gasteiger charge is 2.18. The third-order valence-corrected chi connectivity index (χ3v) is 6.11. The zero-order valence-electron chi connectivity index (χ0n) is 17.3. The number of nitrogens with zero attached hydrogens (tertiary/aromatic N) is 1.